The highest BCUT2D eigenvalue weighted by Gasteiger charge is 2.17. The van der Waals surface area contributed by atoms with Crippen LogP contribution in [0.3, 0.4) is 0 Å². The molecular formula is C18H21N3O2S. The van der Waals surface area contributed by atoms with E-state index in [-0.39, 0.29) is 0 Å². The van der Waals surface area contributed by atoms with Gasteiger partial charge in [-0.05, 0) is 37.1 Å². The molecule has 0 amide bonds. The average molecular weight is 343 g/mol. The zero-order chi connectivity index (χ0) is 16.9. The van der Waals surface area contributed by atoms with Gasteiger partial charge >= 0.3 is 0 Å². The highest BCUT2D eigenvalue weighted by Crippen LogP contribution is 2.32. The van der Waals surface area contributed by atoms with E-state index < -0.39 is 0 Å². The zero-order valence-corrected chi connectivity index (χ0v) is 15.0. The Kier molecular flexibility index (Phi) is 5.37. The van der Waals surface area contributed by atoms with Crippen molar-refractivity contribution in [1.29, 1.82) is 0 Å². The van der Waals surface area contributed by atoms with Crippen molar-refractivity contribution in [3.8, 4) is 17.3 Å². The molecule has 0 unspecified atom stereocenters. The maximum absolute atomic E-state index is 5.88. The molecule has 0 bridgehead atoms. The summed E-state index contributed by atoms with van der Waals surface area (Å²) >= 11 is 1.62. The van der Waals surface area contributed by atoms with Crippen LogP contribution >= 0.6 is 11.9 Å². The summed E-state index contributed by atoms with van der Waals surface area (Å²) in [7, 11) is 1.70. The first kappa shape index (κ1) is 16.8. The van der Waals surface area contributed by atoms with E-state index in [4.69, 9.17) is 14.5 Å². The van der Waals surface area contributed by atoms with E-state index in [2.05, 4.69) is 15.0 Å². The molecule has 24 heavy (non-hydrogen) atoms. The third kappa shape index (κ3) is 3.25. The quantitative estimate of drug-likeness (QED) is 0.608. The third-order valence-corrected chi connectivity index (χ3v) is 4.55. The molecule has 0 spiro atoms. The van der Waals surface area contributed by atoms with Crippen LogP contribution < -0.4 is 4.74 Å². The summed E-state index contributed by atoms with van der Waals surface area (Å²) in [4.78, 5) is 9.33. The molecule has 0 aliphatic rings. The maximum atomic E-state index is 5.88. The van der Waals surface area contributed by atoms with Crippen molar-refractivity contribution in [3.63, 3.8) is 0 Å². The van der Waals surface area contributed by atoms with Gasteiger partial charge in [0.05, 0.1) is 17.6 Å². The van der Waals surface area contributed by atoms with E-state index in [1.807, 2.05) is 37.4 Å². The van der Waals surface area contributed by atoms with Crippen molar-refractivity contribution in [2.45, 2.75) is 13.3 Å². The summed E-state index contributed by atoms with van der Waals surface area (Å²) < 4.78 is 13.1. The van der Waals surface area contributed by atoms with Crippen LogP contribution in [-0.4, -0.2) is 40.5 Å². The first-order valence-electron chi connectivity index (χ1n) is 7.86. The van der Waals surface area contributed by atoms with Crippen molar-refractivity contribution in [1.82, 2.24) is 13.9 Å². The summed E-state index contributed by atoms with van der Waals surface area (Å²) in [6.07, 6.45) is 4.67. The Hall–Kier alpha value is -2.05. The van der Waals surface area contributed by atoms with E-state index >= 15 is 0 Å². The second-order valence-electron chi connectivity index (χ2n) is 5.38. The fourth-order valence-corrected chi connectivity index (χ4v) is 3.27. The Bertz CT molecular complexity index is 832. The molecular weight excluding hydrogens is 322 g/mol. The third-order valence-electron chi connectivity index (χ3n) is 3.82. The number of aromatic nitrogens is 3. The Morgan fingerprint density at radius 1 is 1.17 bits per heavy atom. The Morgan fingerprint density at radius 3 is 2.79 bits per heavy atom. The lowest BCUT2D eigenvalue weighted by Gasteiger charge is -2.12. The van der Waals surface area contributed by atoms with E-state index in [1.165, 1.54) is 0 Å². The number of fused-ring (bicyclic) bond motifs is 1. The van der Waals surface area contributed by atoms with Gasteiger partial charge in [0.25, 0.3) is 0 Å². The maximum Gasteiger partial charge on any atom is 0.170 e. The van der Waals surface area contributed by atoms with Gasteiger partial charge in [0.15, 0.2) is 5.82 Å². The van der Waals surface area contributed by atoms with Crippen molar-refractivity contribution >= 4 is 23.0 Å². The number of rotatable bonds is 7. The van der Waals surface area contributed by atoms with Gasteiger partial charge in [0.1, 0.15) is 11.4 Å². The Labute approximate surface area is 146 Å². The smallest absolute Gasteiger partial charge is 0.170 e. The molecule has 0 saturated carbocycles. The predicted molar refractivity (Wildman–Crippen MR) is 98.6 cm³/mol. The minimum absolute atomic E-state index is 0.622. The van der Waals surface area contributed by atoms with Gasteiger partial charge in [0, 0.05) is 38.2 Å². The van der Waals surface area contributed by atoms with E-state index in [9.17, 15) is 0 Å². The van der Waals surface area contributed by atoms with E-state index in [0.717, 1.165) is 40.3 Å². The SMILES string of the molecule is COCCCOc1ccnc(-c2nc3ccccc3n2SC)c1C. The molecule has 0 fully saturated rings. The second kappa shape index (κ2) is 7.68. The van der Waals surface area contributed by atoms with E-state index in [0.29, 0.717) is 13.2 Å². The number of hydrogen-bond donors (Lipinski definition) is 0. The second-order valence-corrected chi connectivity index (χ2v) is 6.11. The zero-order valence-electron chi connectivity index (χ0n) is 14.2. The first-order valence-corrected chi connectivity index (χ1v) is 9.04. The number of ether oxygens (including phenoxy) is 2. The molecule has 0 aliphatic heterocycles. The molecule has 3 rings (SSSR count). The van der Waals surface area contributed by atoms with Crippen molar-refractivity contribution in [3.05, 3.63) is 42.1 Å². The van der Waals surface area contributed by atoms with Gasteiger partial charge in [-0.1, -0.05) is 12.1 Å². The lowest BCUT2D eigenvalue weighted by Crippen LogP contribution is -2.04. The number of pyridine rings is 1. The molecule has 1 aromatic carbocycles. The highest BCUT2D eigenvalue weighted by molar-refractivity contribution is 7.97. The average Bonchev–Trinajstić information content (AvgIpc) is 2.98. The molecule has 0 N–H and O–H groups in total. The monoisotopic (exact) mass is 343 g/mol. The summed E-state index contributed by atoms with van der Waals surface area (Å²) in [5, 5.41) is 0. The molecule has 6 heteroatoms. The van der Waals surface area contributed by atoms with Gasteiger partial charge in [-0.2, -0.15) is 0 Å². The lowest BCUT2D eigenvalue weighted by molar-refractivity contribution is 0.172. The summed E-state index contributed by atoms with van der Waals surface area (Å²) in [5.74, 6) is 1.69. The predicted octanol–water partition coefficient (Wildman–Crippen LogP) is 3.95. The fraction of sp³-hybridized carbons (Fsp3) is 0.333. The lowest BCUT2D eigenvalue weighted by atomic mass is 10.2. The number of nitrogens with zero attached hydrogens (tertiary/aromatic N) is 3. The van der Waals surface area contributed by atoms with Gasteiger partial charge in [-0.25, -0.2) is 4.98 Å². The minimum atomic E-state index is 0.622. The van der Waals surface area contributed by atoms with Gasteiger partial charge < -0.3 is 9.47 Å². The Morgan fingerprint density at radius 2 is 2.00 bits per heavy atom. The molecule has 3 aromatic rings. The molecule has 2 aromatic heterocycles. The van der Waals surface area contributed by atoms with Crippen LogP contribution in [0.4, 0.5) is 0 Å². The van der Waals surface area contributed by atoms with Crippen LogP contribution in [0.25, 0.3) is 22.6 Å². The molecule has 0 atom stereocenters. The van der Waals surface area contributed by atoms with Crippen LogP contribution in [0.1, 0.15) is 12.0 Å². The summed E-state index contributed by atoms with van der Waals surface area (Å²) in [5.41, 5.74) is 3.91. The largest absolute Gasteiger partial charge is 0.493 e. The summed E-state index contributed by atoms with van der Waals surface area (Å²) in [6.45, 7) is 3.34. The standard InChI is InChI=1S/C18H21N3O2S/c1-13-16(23-12-6-11-22-2)9-10-19-17(13)18-20-14-7-4-5-8-15(14)21(18)24-3/h4-5,7-10H,6,11-12H2,1-3H3. The Balaban J connectivity index is 1.98. The number of hydrogen-bond acceptors (Lipinski definition) is 5. The van der Waals surface area contributed by atoms with Crippen molar-refractivity contribution < 1.29 is 9.47 Å². The number of para-hydroxylation sites is 2. The van der Waals surface area contributed by atoms with Gasteiger partial charge in [-0.15, -0.1) is 0 Å². The van der Waals surface area contributed by atoms with E-state index in [1.54, 1.807) is 25.3 Å². The molecule has 0 saturated heterocycles. The molecule has 0 radical (unpaired) electrons. The molecule has 5 nitrogen and oxygen atoms in total. The molecule has 0 aliphatic carbocycles. The van der Waals surface area contributed by atoms with Gasteiger partial charge in [0.2, 0.25) is 0 Å². The van der Waals surface area contributed by atoms with Gasteiger partial charge in [-0.3, -0.25) is 8.96 Å². The van der Waals surface area contributed by atoms with Crippen molar-refractivity contribution in [2.24, 2.45) is 0 Å². The molecule has 2 heterocycles. The van der Waals surface area contributed by atoms with Crippen LogP contribution in [0.5, 0.6) is 5.75 Å². The van der Waals surface area contributed by atoms with Crippen LogP contribution in [-0.2, 0) is 4.74 Å². The number of imidazole rings is 1. The molecule has 126 valence electrons. The highest BCUT2D eigenvalue weighted by atomic mass is 32.2. The van der Waals surface area contributed by atoms with Crippen molar-refractivity contribution in [2.75, 3.05) is 26.6 Å². The number of methoxy groups -OCH3 is 1. The van der Waals surface area contributed by atoms with Crippen LogP contribution in [0, 0.1) is 6.92 Å². The fourth-order valence-electron chi connectivity index (χ4n) is 2.62. The van der Waals surface area contributed by atoms with Crippen LogP contribution in [0.2, 0.25) is 0 Å². The topological polar surface area (TPSA) is 49.2 Å². The summed E-state index contributed by atoms with van der Waals surface area (Å²) in [6, 6.07) is 10.0. The first-order chi connectivity index (χ1) is 11.8. The minimum Gasteiger partial charge on any atom is -0.493 e. The van der Waals surface area contributed by atoms with Crippen LogP contribution in [0.15, 0.2) is 36.5 Å². The normalized spacial score (nSPS) is 11.1. The number of benzene rings is 1.